The lowest BCUT2D eigenvalue weighted by Gasteiger charge is -2.10. The fourth-order valence-corrected chi connectivity index (χ4v) is 3.71. The SMILES string of the molecule is Cc1ccc(S(=O)(=O)NCCNC(=O)c2cccc3ccccc23)cc1. The second-order valence-corrected chi connectivity index (χ2v) is 7.76. The molecular formula is C20H20N2O3S. The summed E-state index contributed by atoms with van der Waals surface area (Å²) in [6, 6.07) is 19.8. The van der Waals surface area contributed by atoms with Gasteiger partial charge in [0.2, 0.25) is 10.0 Å². The predicted molar refractivity (Wildman–Crippen MR) is 103 cm³/mol. The zero-order valence-electron chi connectivity index (χ0n) is 14.4. The molecule has 0 atom stereocenters. The highest BCUT2D eigenvalue weighted by Crippen LogP contribution is 2.18. The van der Waals surface area contributed by atoms with Crippen LogP contribution in [0.15, 0.2) is 71.6 Å². The highest BCUT2D eigenvalue weighted by Gasteiger charge is 2.13. The van der Waals surface area contributed by atoms with Crippen molar-refractivity contribution in [1.29, 1.82) is 0 Å². The molecule has 0 heterocycles. The molecule has 3 aromatic carbocycles. The monoisotopic (exact) mass is 368 g/mol. The minimum Gasteiger partial charge on any atom is -0.351 e. The summed E-state index contributed by atoms with van der Waals surface area (Å²) in [4.78, 5) is 12.6. The number of carbonyl (C=O) groups is 1. The van der Waals surface area contributed by atoms with Crippen molar-refractivity contribution in [3.05, 3.63) is 77.9 Å². The first-order chi connectivity index (χ1) is 12.5. The summed E-state index contributed by atoms with van der Waals surface area (Å²) in [6.45, 7) is 2.21. The van der Waals surface area contributed by atoms with E-state index in [1.165, 1.54) is 0 Å². The average molecular weight is 368 g/mol. The molecule has 3 aromatic rings. The van der Waals surface area contributed by atoms with Gasteiger partial charge in [0.05, 0.1) is 4.90 Å². The molecule has 1 amide bonds. The molecule has 0 saturated heterocycles. The number of carbonyl (C=O) groups excluding carboxylic acids is 1. The molecule has 6 heteroatoms. The molecule has 0 fully saturated rings. The Balaban J connectivity index is 1.59. The van der Waals surface area contributed by atoms with E-state index in [1.807, 2.05) is 43.3 Å². The molecule has 0 radical (unpaired) electrons. The first kappa shape index (κ1) is 18.1. The maximum atomic E-state index is 12.4. The van der Waals surface area contributed by atoms with Gasteiger partial charge in [0.25, 0.3) is 5.91 Å². The standard InChI is InChI=1S/C20H20N2O3S/c1-15-9-11-17(12-10-15)26(24,25)22-14-13-21-20(23)19-8-4-6-16-5-2-3-7-18(16)19/h2-12,22H,13-14H2,1H3,(H,21,23). The van der Waals surface area contributed by atoms with Gasteiger partial charge in [-0.15, -0.1) is 0 Å². The van der Waals surface area contributed by atoms with E-state index in [0.717, 1.165) is 16.3 Å². The second-order valence-electron chi connectivity index (χ2n) is 5.99. The van der Waals surface area contributed by atoms with E-state index in [0.29, 0.717) is 5.56 Å². The topological polar surface area (TPSA) is 75.3 Å². The molecule has 0 aliphatic carbocycles. The van der Waals surface area contributed by atoms with Crippen LogP contribution in [0.3, 0.4) is 0 Å². The van der Waals surface area contributed by atoms with E-state index in [1.54, 1.807) is 30.3 Å². The molecule has 3 rings (SSSR count). The van der Waals surface area contributed by atoms with E-state index in [9.17, 15) is 13.2 Å². The van der Waals surface area contributed by atoms with E-state index in [4.69, 9.17) is 0 Å². The number of fused-ring (bicyclic) bond motifs is 1. The Hall–Kier alpha value is -2.70. The van der Waals surface area contributed by atoms with Gasteiger partial charge in [0.15, 0.2) is 0 Å². The van der Waals surface area contributed by atoms with Crippen molar-refractivity contribution in [2.45, 2.75) is 11.8 Å². The van der Waals surface area contributed by atoms with Crippen LogP contribution in [-0.2, 0) is 10.0 Å². The third-order valence-electron chi connectivity index (χ3n) is 4.07. The zero-order valence-corrected chi connectivity index (χ0v) is 15.2. The van der Waals surface area contributed by atoms with Crippen LogP contribution in [0.5, 0.6) is 0 Å². The maximum Gasteiger partial charge on any atom is 0.251 e. The van der Waals surface area contributed by atoms with Crippen molar-refractivity contribution in [2.75, 3.05) is 13.1 Å². The minimum atomic E-state index is -3.58. The Labute approximate surface area is 153 Å². The lowest BCUT2D eigenvalue weighted by molar-refractivity contribution is 0.0956. The molecule has 0 spiro atoms. The molecule has 0 aliphatic heterocycles. The number of hydrogen-bond donors (Lipinski definition) is 2. The lowest BCUT2D eigenvalue weighted by atomic mass is 10.0. The Kier molecular flexibility index (Phi) is 5.35. The number of amides is 1. The molecule has 0 unspecified atom stereocenters. The van der Waals surface area contributed by atoms with Crippen LogP contribution in [0, 0.1) is 6.92 Å². The highest BCUT2D eigenvalue weighted by atomic mass is 32.2. The van der Waals surface area contributed by atoms with E-state index >= 15 is 0 Å². The summed E-state index contributed by atoms with van der Waals surface area (Å²) in [5, 5.41) is 4.61. The Morgan fingerprint density at radius 1 is 0.885 bits per heavy atom. The summed E-state index contributed by atoms with van der Waals surface area (Å²) < 4.78 is 26.9. The first-order valence-electron chi connectivity index (χ1n) is 8.30. The van der Waals surface area contributed by atoms with Crippen LogP contribution in [0.4, 0.5) is 0 Å². The Morgan fingerprint density at radius 3 is 2.35 bits per heavy atom. The van der Waals surface area contributed by atoms with E-state index in [-0.39, 0.29) is 23.9 Å². The fourth-order valence-electron chi connectivity index (χ4n) is 2.68. The Bertz CT molecular complexity index is 1020. The van der Waals surface area contributed by atoms with E-state index in [2.05, 4.69) is 10.0 Å². The van der Waals surface area contributed by atoms with Gasteiger partial charge < -0.3 is 5.32 Å². The number of sulfonamides is 1. The van der Waals surface area contributed by atoms with Crippen molar-refractivity contribution < 1.29 is 13.2 Å². The van der Waals surface area contributed by atoms with Crippen molar-refractivity contribution in [1.82, 2.24) is 10.0 Å². The summed E-state index contributed by atoms with van der Waals surface area (Å²) in [7, 11) is -3.58. The molecule has 0 saturated carbocycles. The van der Waals surface area contributed by atoms with Gasteiger partial charge in [-0.3, -0.25) is 4.79 Å². The maximum absolute atomic E-state index is 12.4. The van der Waals surface area contributed by atoms with Crippen LogP contribution in [0.2, 0.25) is 0 Å². The van der Waals surface area contributed by atoms with Crippen LogP contribution in [-0.4, -0.2) is 27.4 Å². The number of nitrogens with one attached hydrogen (secondary N) is 2. The van der Waals surface area contributed by atoms with Gasteiger partial charge in [-0.1, -0.05) is 54.1 Å². The fraction of sp³-hybridized carbons (Fsp3) is 0.150. The smallest absolute Gasteiger partial charge is 0.251 e. The van der Waals surface area contributed by atoms with Crippen LogP contribution >= 0.6 is 0 Å². The third-order valence-corrected chi connectivity index (χ3v) is 5.55. The number of benzene rings is 3. The highest BCUT2D eigenvalue weighted by molar-refractivity contribution is 7.89. The lowest BCUT2D eigenvalue weighted by Crippen LogP contribution is -2.34. The van der Waals surface area contributed by atoms with Gasteiger partial charge in [-0.2, -0.15) is 0 Å². The molecule has 134 valence electrons. The molecular weight excluding hydrogens is 348 g/mol. The zero-order chi connectivity index (χ0) is 18.6. The molecule has 5 nitrogen and oxygen atoms in total. The predicted octanol–water partition coefficient (Wildman–Crippen LogP) is 2.86. The van der Waals surface area contributed by atoms with Crippen molar-refractivity contribution >= 4 is 26.7 Å². The third kappa shape index (κ3) is 4.09. The molecule has 0 aromatic heterocycles. The number of hydrogen-bond acceptors (Lipinski definition) is 3. The first-order valence-corrected chi connectivity index (χ1v) is 9.78. The van der Waals surface area contributed by atoms with Crippen molar-refractivity contribution in [3.63, 3.8) is 0 Å². The van der Waals surface area contributed by atoms with E-state index < -0.39 is 10.0 Å². The summed E-state index contributed by atoms with van der Waals surface area (Å²) in [6.07, 6.45) is 0. The van der Waals surface area contributed by atoms with Crippen molar-refractivity contribution in [3.8, 4) is 0 Å². The van der Waals surface area contributed by atoms with Crippen LogP contribution in [0.1, 0.15) is 15.9 Å². The molecule has 0 bridgehead atoms. The second kappa shape index (κ2) is 7.68. The molecule has 0 aliphatic rings. The van der Waals surface area contributed by atoms with Gasteiger partial charge in [-0.25, -0.2) is 13.1 Å². The number of rotatable bonds is 6. The van der Waals surface area contributed by atoms with Crippen molar-refractivity contribution in [2.24, 2.45) is 0 Å². The Morgan fingerprint density at radius 2 is 1.58 bits per heavy atom. The largest absolute Gasteiger partial charge is 0.351 e. The van der Waals surface area contributed by atoms with Gasteiger partial charge in [-0.05, 0) is 35.9 Å². The normalized spacial score (nSPS) is 11.4. The number of aryl methyl sites for hydroxylation is 1. The quantitative estimate of drug-likeness (QED) is 0.657. The summed E-state index contributed by atoms with van der Waals surface area (Å²) in [5.41, 5.74) is 1.57. The van der Waals surface area contributed by atoms with Crippen LogP contribution < -0.4 is 10.0 Å². The summed E-state index contributed by atoms with van der Waals surface area (Å²) >= 11 is 0. The van der Waals surface area contributed by atoms with Crippen LogP contribution in [0.25, 0.3) is 10.8 Å². The van der Waals surface area contributed by atoms with Gasteiger partial charge >= 0.3 is 0 Å². The molecule has 2 N–H and O–H groups in total. The average Bonchev–Trinajstić information content (AvgIpc) is 2.65. The van der Waals surface area contributed by atoms with Gasteiger partial charge in [0, 0.05) is 18.7 Å². The minimum absolute atomic E-state index is 0.118. The summed E-state index contributed by atoms with van der Waals surface area (Å²) in [5.74, 6) is -0.226. The molecule has 26 heavy (non-hydrogen) atoms. The van der Waals surface area contributed by atoms with Gasteiger partial charge in [0.1, 0.15) is 0 Å².